The van der Waals surface area contributed by atoms with E-state index in [1.807, 2.05) is 0 Å². The Labute approximate surface area is 150 Å². The Kier molecular flexibility index (Phi) is 4.56. The maximum atomic E-state index is 12.6. The molecule has 7 heteroatoms. The number of hydrogen-bond donors (Lipinski definition) is 0. The molecule has 1 fully saturated rings. The quantitative estimate of drug-likeness (QED) is 0.839. The highest BCUT2D eigenvalue weighted by Gasteiger charge is 2.30. The maximum Gasteiger partial charge on any atom is 0.416 e. The molecule has 1 saturated heterocycles. The first-order valence-corrected chi connectivity index (χ1v) is 8.98. The first kappa shape index (κ1) is 17.3. The van der Waals surface area contributed by atoms with Gasteiger partial charge in [-0.15, -0.1) is 5.10 Å². The molecule has 138 valence electrons. The van der Waals surface area contributed by atoms with Gasteiger partial charge in [-0.1, -0.05) is 12.1 Å². The molecule has 4 rings (SSSR count). The van der Waals surface area contributed by atoms with Crippen molar-refractivity contribution in [3.05, 3.63) is 52.7 Å². The molecule has 0 unspecified atom stereocenters. The molecule has 26 heavy (non-hydrogen) atoms. The van der Waals surface area contributed by atoms with Gasteiger partial charge in [0, 0.05) is 32.7 Å². The molecule has 0 radical (unpaired) electrons. The highest BCUT2D eigenvalue weighted by atomic mass is 19.4. The molecule has 1 aromatic heterocycles. The molecule has 2 aliphatic rings. The van der Waals surface area contributed by atoms with E-state index in [4.69, 9.17) is 0 Å². The number of alkyl halides is 3. The highest BCUT2D eigenvalue weighted by Crippen LogP contribution is 2.29. The molecule has 0 atom stereocenters. The van der Waals surface area contributed by atoms with E-state index in [0.29, 0.717) is 6.54 Å². The highest BCUT2D eigenvalue weighted by molar-refractivity contribution is 5.43. The molecule has 2 heterocycles. The zero-order valence-electron chi connectivity index (χ0n) is 14.5. The number of hydrogen-bond acceptors (Lipinski definition) is 4. The van der Waals surface area contributed by atoms with Crippen LogP contribution in [0.1, 0.15) is 28.8 Å². The largest absolute Gasteiger partial charge is 0.416 e. The third kappa shape index (κ3) is 3.67. The van der Waals surface area contributed by atoms with Crippen LogP contribution in [-0.2, 0) is 25.6 Å². The second-order valence-corrected chi connectivity index (χ2v) is 6.99. The van der Waals surface area contributed by atoms with E-state index in [9.17, 15) is 13.2 Å². The van der Waals surface area contributed by atoms with Gasteiger partial charge < -0.3 is 4.90 Å². The molecular formula is C19H21F3N4. The first-order chi connectivity index (χ1) is 12.5. The summed E-state index contributed by atoms with van der Waals surface area (Å²) in [5.74, 6) is 0.944. The molecule has 1 aromatic carbocycles. The number of benzene rings is 1. The predicted molar refractivity (Wildman–Crippen MR) is 93.0 cm³/mol. The Balaban J connectivity index is 1.34. The van der Waals surface area contributed by atoms with Gasteiger partial charge in [0.15, 0.2) is 5.82 Å². The van der Waals surface area contributed by atoms with Crippen molar-refractivity contribution in [3.63, 3.8) is 0 Å². The SMILES string of the molecule is FC(F)(F)c1ccc(CN2CCN(c3cc4c(nn3)CCC4)CC2)cc1. The number of halogens is 3. The van der Waals surface area contributed by atoms with Gasteiger partial charge in [-0.25, -0.2) is 0 Å². The van der Waals surface area contributed by atoms with E-state index in [1.165, 1.54) is 5.56 Å². The van der Waals surface area contributed by atoms with Crippen LogP contribution in [0.15, 0.2) is 30.3 Å². The minimum atomic E-state index is -4.28. The van der Waals surface area contributed by atoms with Crippen molar-refractivity contribution < 1.29 is 13.2 Å². The van der Waals surface area contributed by atoms with Crippen molar-refractivity contribution in [1.82, 2.24) is 15.1 Å². The molecule has 0 amide bonds. The summed E-state index contributed by atoms with van der Waals surface area (Å²) in [4.78, 5) is 4.51. The molecule has 0 bridgehead atoms. The van der Waals surface area contributed by atoms with Crippen molar-refractivity contribution in [1.29, 1.82) is 0 Å². The fourth-order valence-electron chi connectivity index (χ4n) is 3.66. The van der Waals surface area contributed by atoms with E-state index in [-0.39, 0.29) is 0 Å². The second kappa shape index (κ2) is 6.87. The van der Waals surface area contributed by atoms with E-state index in [0.717, 1.165) is 74.6 Å². The van der Waals surface area contributed by atoms with Crippen molar-refractivity contribution in [2.24, 2.45) is 0 Å². The van der Waals surface area contributed by atoms with Crippen molar-refractivity contribution >= 4 is 5.82 Å². The monoisotopic (exact) mass is 362 g/mol. The van der Waals surface area contributed by atoms with Crippen molar-refractivity contribution in [3.8, 4) is 0 Å². The van der Waals surface area contributed by atoms with Crippen LogP contribution in [0.2, 0.25) is 0 Å². The van der Waals surface area contributed by atoms with Gasteiger partial charge in [0.1, 0.15) is 0 Å². The van der Waals surface area contributed by atoms with Crippen LogP contribution in [-0.4, -0.2) is 41.3 Å². The van der Waals surface area contributed by atoms with Crippen LogP contribution in [0.4, 0.5) is 19.0 Å². The van der Waals surface area contributed by atoms with Gasteiger partial charge in [0.2, 0.25) is 0 Å². The summed E-state index contributed by atoms with van der Waals surface area (Å²) >= 11 is 0. The zero-order valence-corrected chi connectivity index (χ0v) is 14.5. The third-order valence-corrected chi connectivity index (χ3v) is 5.19. The van der Waals surface area contributed by atoms with Crippen LogP contribution >= 0.6 is 0 Å². The lowest BCUT2D eigenvalue weighted by Crippen LogP contribution is -2.46. The smallest absolute Gasteiger partial charge is 0.353 e. The van der Waals surface area contributed by atoms with E-state index in [1.54, 1.807) is 12.1 Å². The Morgan fingerprint density at radius 2 is 1.65 bits per heavy atom. The van der Waals surface area contributed by atoms with Gasteiger partial charge >= 0.3 is 6.18 Å². The summed E-state index contributed by atoms with van der Waals surface area (Å²) in [6, 6.07) is 7.63. The molecular weight excluding hydrogens is 341 g/mol. The number of rotatable bonds is 3. The second-order valence-electron chi connectivity index (χ2n) is 6.99. The minimum absolute atomic E-state index is 0.596. The third-order valence-electron chi connectivity index (χ3n) is 5.19. The summed E-state index contributed by atoms with van der Waals surface area (Å²) in [7, 11) is 0. The number of anilines is 1. The molecule has 0 saturated carbocycles. The standard InChI is InChI=1S/C19H21F3N4/c20-19(21,22)16-6-4-14(5-7-16)13-25-8-10-26(11-9-25)18-12-15-2-1-3-17(15)23-24-18/h4-7,12H,1-3,8-11,13H2. The molecule has 4 nitrogen and oxygen atoms in total. The van der Waals surface area contributed by atoms with Gasteiger partial charge in [0.25, 0.3) is 0 Å². The van der Waals surface area contributed by atoms with Gasteiger partial charge in [0.05, 0.1) is 11.3 Å². The Morgan fingerprint density at radius 3 is 2.35 bits per heavy atom. The lowest BCUT2D eigenvalue weighted by Gasteiger charge is -2.35. The van der Waals surface area contributed by atoms with E-state index < -0.39 is 11.7 Å². The molecule has 0 spiro atoms. The van der Waals surface area contributed by atoms with Gasteiger partial charge in [-0.3, -0.25) is 4.90 Å². The lowest BCUT2D eigenvalue weighted by atomic mass is 10.1. The van der Waals surface area contributed by atoms with Crippen LogP contribution < -0.4 is 4.90 Å². The van der Waals surface area contributed by atoms with Crippen LogP contribution in [0.5, 0.6) is 0 Å². The number of piperazine rings is 1. The lowest BCUT2D eigenvalue weighted by molar-refractivity contribution is -0.137. The fourth-order valence-corrected chi connectivity index (χ4v) is 3.66. The fraction of sp³-hybridized carbons (Fsp3) is 0.474. The molecule has 2 aromatic rings. The topological polar surface area (TPSA) is 32.3 Å². The normalized spacial score (nSPS) is 18.2. The average molecular weight is 362 g/mol. The van der Waals surface area contributed by atoms with Gasteiger partial charge in [-0.05, 0) is 48.6 Å². The summed E-state index contributed by atoms with van der Waals surface area (Å²) in [6.07, 6.45) is -0.995. The Bertz CT molecular complexity index is 765. The van der Waals surface area contributed by atoms with Crippen LogP contribution in [0, 0.1) is 0 Å². The zero-order chi connectivity index (χ0) is 18.1. The summed E-state index contributed by atoms with van der Waals surface area (Å²) < 4.78 is 37.9. The Morgan fingerprint density at radius 1 is 0.923 bits per heavy atom. The van der Waals surface area contributed by atoms with Crippen molar-refractivity contribution in [2.45, 2.75) is 32.0 Å². The number of nitrogens with zero attached hydrogens (tertiary/aromatic N) is 4. The Hall–Kier alpha value is -2.15. The number of aryl methyl sites for hydroxylation is 2. The van der Waals surface area contributed by atoms with Crippen LogP contribution in [0.3, 0.4) is 0 Å². The maximum absolute atomic E-state index is 12.6. The van der Waals surface area contributed by atoms with Gasteiger partial charge in [-0.2, -0.15) is 18.3 Å². The number of fused-ring (bicyclic) bond motifs is 1. The first-order valence-electron chi connectivity index (χ1n) is 8.98. The molecule has 1 aliphatic heterocycles. The average Bonchev–Trinajstić information content (AvgIpc) is 3.10. The van der Waals surface area contributed by atoms with E-state index >= 15 is 0 Å². The van der Waals surface area contributed by atoms with E-state index in [2.05, 4.69) is 26.1 Å². The molecule has 1 aliphatic carbocycles. The minimum Gasteiger partial charge on any atom is -0.353 e. The predicted octanol–water partition coefficient (Wildman–Crippen LogP) is 3.31. The van der Waals surface area contributed by atoms with Crippen LogP contribution in [0.25, 0.3) is 0 Å². The number of aromatic nitrogens is 2. The van der Waals surface area contributed by atoms with Crippen molar-refractivity contribution in [2.75, 3.05) is 31.1 Å². The summed E-state index contributed by atoms with van der Waals surface area (Å²) in [5, 5.41) is 8.72. The summed E-state index contributed by atoms with van der Waals surface area (Å²) in [5.41, 5.74) is 2.77. The summed E-state index contributed by atoms with van der Waals surface area (Å²) in [6.45, 7) is 4.10. The molecule has 0 N–H and O–H groups in total.